The van der Waals surface area contributed by atoms with E-state index in [1.807, 2.05) is 13.8 Å². The Morgan fingerprint density at radius 3 is 2.84 bits per heavy atom. The fourth-order valence-corrected chi connectivity index (χ4v) is 1.75. The fourth-order valence-electron chi connectivity index (χ4n) is 1.75. The highest BCUT2D eigenvalue weighted by Gasteiger charge is 2.08. The second-order valence-electron chi connectivity index (χ2n) is 4.69. The van der Waals surface area contributed by atoms with Crippen molar-refractivity contribution in [3.05, 3.63) is 29.6 Å². The van der Waals surface area contributed by atoms with Gasteiger partial charge in [0.1, 0.15) is 23.5 Å². The van der Waals surface area contributed by atoms with E-state index in [0.29, 0.717) is 24.2 Å². The second-order valence-corrected chi connectivity index (χ2v) is 4.69. The standard InChI is InChI=1S/C15H22FNO2/c1-4-17-10-12(3)19-14-7-8-15(16)13(9-14)6-5-11(2)18/h7-9,12,17H,4-6,10H2,1-3H3. The van der Waals surface area contributed by atoms with E-state index in [2.05, 4.69) is 5.32 Å². The third-order valence-corrected chi connectivity index (χ3v) is 2.78. The molecule has 0 bridgehead atoms. The number of carbonyl (C=O) groups is 1. The van der Waals surface area contributed by atoms with Crippen molar-refractivity contribution in [3.8, 4) is 5.75 Å². The molecule has 1 aromatic rings. The SMILES string of the molecule is CCNCC(C)Oc1ccc(F)c(CCC(C)=O)c1. The van der Waals surface area contributed by atoms with Crippen LogP contribution in [0.1, 0.15) is 32.8 Å². The van der Waals surface area contributed by atoms with E-state index < -0.39 is 0 Å². The van der Waals surface area contributed by atoms with Crippen LogP contribution in [0.25, 0.3) is 0 Å². The quantitative estimate of drug-likeness (QED) is 0.787. The van der Waals surface area contributed by atoms with E-state index in [0.717, 1.165) is 13.1 Å². The Bertz CT molecular complexity index is 421. The molecule has 0 aliphatic carbocycles. The van der Waals surface area contributed by atoms with Crippen LogP contribution in [-0.2, 0) is 11.2 Å². The van der Waals surface area contributed by atoms with Gasteiger partial charge < -0.3 is 14.8 Å². The lowest BCUT2D eigenvalue weighted by molar-refractivity contribution is -0.116. The van der Waals surface area contributed by atoms with Crippen molar-refractivity contribution in [1.29, 1.82) is 0 Å². The van der Waals surface area contributed by atoms with Crippen molar-refractivity contribution in [3.63, 3.8) is 0 Å². The van der Waals surface area contributed by atoms with Gasteiger partial charge in [0.15, 0.2) is 0 Å². The van der Waals surface area contributed by atoms with Crippen LogP contribution in [0.15, 0.2) is 18.2 Å². The maximum atomic E-state index is 13.6. The molecule has 3 nitrogen and oxygen atoms in total. The Hall–Kier alpha value is -1.42. The predicted molar refractivity (Wildman–Crippen MR) is 74.0 cm³/mol. The van der Waals surface area contributed by atoms with Gasteiger partial charge in [0, 0.05) is 13.0 Å². The molecule has 1 aromatic carbocycles. The summed E-state index contributed by atoms with van der Waals surface area (Å²) in [6.07, 6.45) is 0.791. The summed E-state index contributed by atoms with van der Waals surface area (Å²) < 4.78 is 19.3. The van der Waals surface area contributed by atoms with Gasteiger partial charge in [0.05, 0.1) is 0 Å². The van der Waals surface area contributed by atoms with Crippen LogP contribution >= 0.6 is 0 Å². The first-order chi connectivity index (χ1) is 9.02. The fraction of sp³-hybridized carbons (Fsp3) is 0.533. The molecular weight excluding hydrogens is 245 g/mol. The molecule has 0 amide bonds. The van der Waals surface area contributed by atoms with Crippen molar-refractivity contribution in [1.82, 2.24) is 5.32 Å². The van der Waals surface area contributed by atoms with Crippen LogP contribution < -0.4 is 10.1 Å². The van der Waals surface area contributed by atoms with Gasteiger partial charge in [-0.15, -0.1) is 0 Å². The van der Waals surface area contributed by atoms with Gasteiger partial charge in [-0.2, -0.15) is 0 Å². The Morgan fingerprint density at radius 1 is 1.47 bits per heavy atom. The number of ketones is 1. The first kappa shape index (κ1) is 15.6. The average molecular weight is 267 g/mol. The van der Waals surface area contributed by atoms with E-state index >= 15 is 0 Å². The normalized spacial score (nSPS) is 12.2. The second kappa shape index (κ2) is 7.89. The van der Waals surface area contributed by atoms with E-state index in [9.17, 15) is 9.18 Å². The van der Waals surface area contributed by atoms with Crippen molar-refractivity contribution in [2.45, 2.75) is 39.7 Å². The number of aryl methyl sites for hydroxylation is 1. The molecule has 106 valence electrons. The number of nitrogens with one attached hydrogen (secondary N) is 1. The number of likely N-dealkylation sites (N-methyl/N-ethyl adjacent to an activating group) is 1. The first-order valence-electron chi connectivity index (χ1n) is 6.68. The summed E-state index contributed by atoms with van der Waals surface area (Å²) in [7, 11) is 0. The Labute approximate surface area is 114 Å². The van der Waals surface area contributed by atoms with Crippen molar-refractivity contribution in [2.75, 3.05) is 13.1 Å². The largest absolute Gasteiger partial charge is 0.489 e. The molecule has 0 spiro atoms. The Kier molecular flexibility index (Phi) is 6.50. The summed E-state index contributed by atoms with van der Waals surface area (Å²) in [6, 6.07) is 4.69. The summed E-state index contributed by atoms with van der Waals surface area (Å²) in [6.45, 7) is 7.14. The predicted octanol–water partition coefficient (Wildman–Crippen LogP) is 2.72. The summed E-state index contributed by atoms with van der Waals surface area (Å²) in [5.41, 5.74) is 0.531. The lowest BCUT2D eigenvalue weighted by Gasteiger charge is -2.15. The molecule has 0 aliphatic rings. The van der Waals surface area contributed by atoms with Crippen LogP contribution in [-0.4, -0.2) is 25.0 Å². The van der Waals surface area contributed by atoms with Gasteiger partial charge in [0.2, 0.25) is 0 Å². The van der Waals surface area contributed by atoms with E-state index in [1.54, 1.807) is 12.1 Å². The molecule has 0 aliphatic heterocycles. The lowest BCUT2D eigenvalue weighted by atomic mass is 10.1. The van der Waals surface area contributed by atoms with Crippen molar-refractivity contribution < 1.29 is 13.9 Å². The zero-order chi connectivity index (χ0) is 14.3. The number of ether oxygens (including phenoxy) is 1. The molecule has 1 N–H and O–H groups in total. The van der Waals surface area contributed by atoms with Gasteiger partial charge >= 0.3 is 0 Å². The zero-order valence-electron chi connectivity index (χ0n) is 11.8. The molecule has 0 radical (unpaired) electrons. The highest BCUT2D eigenvalue weighted by Crippen LogP contribution is 2.19. The topological polar surface area (TPSA) is 38.3 Å². The first-order valence-corrected chi connectivity index (χ1v) is 6.68. The maximum Gasteiger partial charge on any atom is 0.130 e. The van der Waals surface area contributed by atoms with Crippen LogP contribution in [0, 0.1) is 5.82 Å². The summed E-state index contributed by atoms with van der Waals surface area (Å²) in [4.78, 5) is 10.9. The molecule has 1 atom stereocenters. The van der Waals surface area contributed by atoms with E-state index in [1.165, 1.54) is 13.0 Å². The highest BCUT2D eigenvalue weighted by atomic mass is 19.1. The van der Waals surface area contributed by atoms with Gasteiger partial charge in [-0.1, -0.05) is 6.92 Å². The molecule has 0 heterocycles. The Morgan fingerprint density at radius 2 is 2.21 bits per heavy atom. The van der Waals surface area contributed by atoms with Crippen molar-refractivity contribution in [2.24, 2.45) is 0 Å². The number of hydrogen-bond donors (Lipinski definition) is 1. The van der Waals surface area contributed by atoms with Crippen LogP contribution in [0.2, 0.25) is 0 Å². The molecule has 0 fully saturated rings. The van der Waals surface area contributed by atoms with Crippen LogP contribution in [0.3, 0.4) is 0 Å². The van der Waals surface area contributed by atoms with Crippen LogP contribution in [0.5, 0.6) is 5.75 Å². The smallest absolute Gasteiger partial charge is 0.130 e. The third-order valence-electron chi connectivity index (χ3n) is 2.78. The minimum Gasteiger partial charge on any atom is -0.489 e. The van der Waals surface area contributed by atoms with Gasteiger partial charge in [-0.3, -0.25) is 0 Å². The molecule has 0 saturated carbocycles. The molecular formula is C15H22FNO2. The van der Waals surface area contributed by atoms with Crippen LogP contribution in [0.4, 0.5) is 4.39 Å². The Balaban J connectivity index is 2.64. The highest BCUT2D eigenvalue weighted by molar-refractivity contribution is 5.75. The van der Waals surface area contributed by atoms with E-state index in [4.69, 9.17) is 4.74 Å². The minimum absolute atomic E-state index is 0.0195. The molecule has 4 heteroatoms. The molecule has 1 unspecified atom stereocenters. The van der Waals surface area contributed by atoms with Gasteiger partial charge in [0.25, 0.3) is 0 Å². The average Bonchev–Trinajstić information content (AvgIpc) is 2.37. The number of benzene rings is 1. The number of rotatable bonds is 8. The number of Topliss-reactive ketones (excluding diaryl/α,β-unsaturated/α-hetero) is 1. The molecule has 19 heavy (non-hydrogen) atoms. The summed E-state index contributed by atoms with van der Waals surface area (Å²) in [5, 5.41) is 3.19. The van der Waals surface area contributed by atoms with Gasteiger partial charge in [-0.25, -0.2) is 4.39 Å². The van der Waals surface area contributed by atoms with Crippen molar-refractivity contribution >= 4 is 5.78 Å². The minimum atomic E-state index is -0.284. The number of carbonyl (C=O) groups excluding carboxylic acids is 1. The maximum absolute atomic E-state index is 13.6. The number of hydrogen-bond acceptors (Lipinski definition) is 3. The molecule has 1 rings (SSSR count). The number of halogens is 1. The monoisotopic (exact) mass is 267 g/mol. The third kappa shape index (κ3) is 5.83. The lowest BCUT2D eigenvalue weighted by Crippen LogP contribution is -2.28. The van der Waals surface area contributed by atoms with E-state index in [-0.39, 0.29) is 17.7 Å². The van der Waals surface area contributed by atoms with Gasteiger partial charge in [-0.05, 0) is 50.6 Å². The zero-order valence-corrected chi connectivity index (χ0v) is 11.8. The summed E-state index contributed by atoms with van der Waals surface area (Å²) >= 11 is 0. The molecule has 0 aromatic heterocycles. The summed E-state index contributed by atoms with van der Waals surface area (Å²) in [5.74, 6) is 0.421. The molecule has 0 saturated heterocycles.